The van der Waals surface area contributed by atoms with Gasteiger partial charge in [0.15, 0.2) is 5.78 Å². The van der Waals surface area contributed by atoms with Crippen LogP contribution in [0.15, 0.2) is 72.4 Å². The van der Waals surface area contributed by atoms with E-state index in [4.69, 9.17) is 0 Å². The average molecular weight is 291 g/mol. The lowest BCUT2D eigenvalue weighted by molar-refractivity contribution is -0.115. The Morgan fingerprint density at radius 1 is 0.909 bits per heavy atom. The number of hydrogen-bond acceptors (Lipinski definition) is 2. The Labute approximate surface area is 131 Å². The predicted octanol–water partition coefficient (Wildman–Crippen LogP) is 4.20. The van der Waals surface area contributed by atoms with Crippen LogP contribution < -0.4 is 5.32 Å². The Bertz CT molecular complexity index is 646. The molecule has 2 heteroatoms. The quantitative estimate of drug-likeness (QED) is 0.894. The van der Waals surface area contributed by atoms with Crippen molar-refractivity contribution in [1.29, 1.82) is 0 Å². The van der Waals surface area contributed by atoms with E-state index in [1.165, 1.54) is 11.1 Å². The molecule has 2 aromatic rings. The van der Waals surface area contributed by atoms with Crippen molar-refractivity contribution in [3.05, 3.63) is 83.6 Å². The van der Waals surface area contributed by atoms with E-state index in [0.29, 0.717) is 6.42 Å². The van der Waals surface area contributed by atoms with Crippen molar-refractivity contribution in [1.82, 2.24) is 5.32 Å². The highest BCUT2D eigenvalue weighted by molar-refractivity contribution is 5.91. The largest absolute Gasteiger partial charge is 0.381 e. The fourth-order valence-corrected chi connectivity index (χ4v) is 2.92. The summed E-state index contributed by atoms with van der Waals surface area (Å²) in [7, 11) is 0. The molecule has 2 aromatic carbocycles. The zero-order chi connectivity index (χ0) is 15.2. The summed E-state index contributed by atoms with van der Waals surface area (Å²) in [6, 6.07) is 21.1. The molecule has 0 spiro atoms. The first-order chi connectivity index (χ1) is 10.8. The van der Waals surface area contributed by atoms with Crippen LogP contribution in [0.4, 0.5) is 0 Å². The van der Waals surface area contributed by atoms with Crippen LogP contribution >= 0.6 is 0 Å². The van der Waals surface area contributed by atoms with Crippen molar-refractivity contribution in [3.8, 4) is 0 Å². The van der Waals surface area contributed by atoms with Gasteiger partial charge in [-0.1, -0.05) is 60.7 Å². The molecule has 1 unspecified atom stereocenters. The van der Waals surface area contributed by atoms with Crippen molar-refractivity contribution < 1.29 is 4.79 Å². The molecule has 0 aliphatic heterocycles. The molecule has 112 valence electrons. The maximum Gasteiger partial charge on any atom is 0.157 e. The average Bonchev–Trinajstić information content (AvgIpc) is 2.56. The molecule has 0 amide bonds. The topological polar surface area (TPSA) is 29.1 Å². The van der Waals surface area contributed by atoms with Gasteiger partial charge in [0.05, 0.1) is 6.04 Å². The van der Waals surface area contributed by atoms with E-state index in [2.05, 4.69) is 53.8 Å². The predicted molar refractivity (Wildman–Crippen MR) is 89.4 cm³/mol. The Morgan fingerprint density at radius 3 is 2.27 bits per heavy atom. The first kappa shape index (κ1) is 14.6. The highest BCUT2D eigenvalue weighted by Gasteiger charge is 2.16. The Morgan fingerprint density at radius 2 is 1.59 bits per heavy atom. The van der Waals surface area contributed by atoms with E-state index < -0.39 is 0 Å². The van der Waals surface area contributed by atoms with Crippen molar-refractivity contribution >= 4 is 5.78 Å². The zero-order valence-corrected chi connectivity index (χ0v) is 12.7. The summed E-state index contributed by atoms with van der Waals surface area (Å²) in [4.78, 5) is 11.6. The van der Waals surface area contributed by atoms with E-state index in [0.717, 1.165) is 25.0 Å². The first-order valence-corrected chi connectivity index (χ1v) is 7.90. The summed E-state index contributed by atoms with van der Waals surface area (Å²) in [5.74, 6) is 0.236. The summed E-state index contributed by atoms with van der Waals surface area (Å²) in [6.45, 7) is 0. The number of rotatable bonds is 5. The zero-order valence-electron chi connectivity index (χ0n) is 12.7. The summed E-state index contributed by atoms with van der Waals surface area (Å²) >= 11 is 0. The molecule has 2 nitrogen and oxygen atoms in total. The molecule has 22 heavy (non-hydrogen) atoms. The number of carbonyl (C=O) groups is 1. The van der Waals surface area contributed by atoms with Crippen LogP contribution in [0.25, 0.3) is 0 Å². The second kappa shape index (κ2) is 7.08. The molecule has 0 saturated carbocycles. The molecule has 1 aliphatic carbocycles. The maximum absolute atomic E-state index is 11.6. The van der Waals surface area contributed by atoms with Gasteiger partial charge in [0.25, 0.3) is 0 Å². The summed E-state index contributed by atoms with van der Waals surface area (Å²) in [5, 5.41) is 3.59. The van der Waals surface area contributed by atoms with Gasteiger partial charge in [-0.3, -0.25) is 4.79 Å². The third kappa shape index (κ3) is 3.85. The van der Waals surface area contributed by atoms with Crippen LogP contribution in [-0.2, 0) is 11.2 Å². The number of allylic oxidation sites excluding steroid dienone is 2. The number of nitrogens with one attached hydrogen (secondary N) is 1. The lowest BCUT2D eigenvalue weighted by Gasteiger charge is -2.24. The van der Waals surface area contributed by atoms with Gasteiger partial charge in [0, 0.05) is 18.2 Å². The van der Waals surface area contributed by atoms with Crippen molar-refractivity contribution in [2.45, 2.75) is 31.7 Å². The van der Waals surface area contributed by atoms with E-state index in [1.54, 1.807) is 6.08 Å². The molecule has 0 aromatic heterocycles. The molecule has 0 saturated heterocycles. The van der Waals surface area contributed by atoms with Gasteiger partial charge < -0.3 is 5.32 Å². The second-order valence-corrected chi connectivity index (χ2v) is 5.79. The van der Waals surface area contributed by atoms with E-state index in [1.807, 2.05) is 12.1 Å². The van der Waals surface area contributed by atoms with Crippen LogP contribution in [0, 0.1) is 0 Å². The van der Waals surface area contributed by atoms with Crippen LogP contribution in [0.1, 0.15) is 36.4 Å². The number of ketones is 1. The minimum atomic E-state index is 0.195. The van der Waals surface area contributed by atoms with Crippen molar-refractivity contribution in [2.75, 3.05) is 0 Å². The van der Waals surface area contributed by atoms with Crippen molar-refractivity contribution in [3.63, 3.8) is 0 Å². The third-order valence-corrected chi connectivity index (χ3v) is 4.05. The molecule has 0 heterocycles. The molecule has 1 atom stereocenters. The van der Waals surface area contributed by atoms with Gasteiger partial charge in [0.1, 0.15) is 0 Å². The normalized spacial score (nSPS) is 16.0. The van der Waals surface area contributed by atoms with Gasteiger partial charge in [-0.05, 0) is 30.4 Å². The minimum absolute atomic E-state index is 0.195. The summed E-state index contributed by atoms with van der Waals surface area (Å²) in [5.41, 5.74) is 3.62. The van der Waals surface area contributed by atoms with Crippen LogP contribution in [-0.4, -0.2) is 5.78 Å². The molecule has 3 rings (SSSR count). The summed E-state index contributed by atoms with van der Waals surface area (Å²) in [6.07, 6.45) is 5.29. The Hall–Kier alpha value is -2.35. The molecule has 1 N–H and O–H groups in total. The molecule has 0 fully saturated rings. The van der Waals surface area contributed by atoms with E-state index >= 15 is 0 Å². The Kier molecular flexibility index (Phi) is 4.69. The second-order valence-electron chi connectivity index (χ2n) is 5.79. The molecule has 0 radical (unpaired) electrons. The smallest absolute Gasteiger partial charge is 0.157 e. The maximum atomic E-state index is 11.6. The monoisotopic (exact) mass is 291 g/mol. The Balaban J connectivity index is 1.81. The van der Waals surface area contributed by atoms with Gasteiger partial charge >= 0.3 is 0 Å². The van der Waals surface area contributed by atoms with Crippen LogP contribution in [0.3, 0.4) is 0 Å². The highest BCUT2D eigenvalue weighted by Crippen LogP contribution is 2.22. The molecular formula is C20H21NO. The van der Waals surface area contributed by atoms with Gasteiger partial charge in [-0.25, -0.2) is 0 Å². The molecule has 1 aliphatic rings. The number of hydrogen-bond donors (Lipinski definition) is 1. The van der Waals surface area contributed by atoms with E-state index in [9.17, 15) is 4.79 Å². The van der Waals surface area contributed by atoms with Gasteiger partial charge in [0.2, 0.25) is 0 Å². The van der Waals surface area contributed by atoms with Gasteiger partial charge in [-0.2, -0.15) is 0 Å². The fraction of sp³-hybridized carbons (Fsp3) is 0.250. The lowest BCUT2D eigenvalue weighted by Crippen LogP contribution is -2.25. The number of carbonyl (C=O) groups excluding carboxylic acids is 1. The van der Waals surface area contributed by atoms with E-state index in [-0.39, 0.29) is 11.8 Å². The lowest BCUT2D eigenvalue weighted by atomic mass is 9.96. The third-order valence-electron chi connectivity index (χ3n) is 4.05. The summed E-state index contributed by atoms with van der Waals surface area (Å²) < 4.78 is 0. The van der Waals surface area contributed by atoms with Crippen LogP contribution in [0.2, 0.25) is 0 Å². The highest BCUT2D eigenvalue weighted by atomic mass is 16.1. The standard InChI is InChI=1S/C20H21NO/c22-19-13-7-12-18(15-19)21-20(17-10-5-2-6-11-17)14-16-8-3-1-4-9-16/h1-6,8-11,15,20-21H,7,12-14H2. The molecule has 0 bridgehead atoms. The minimum Gasteiger partial charge on any atom is -0.381 e. The first-order valence-electron chi connectivity index (χ1n) is 7.90. The molecular weight excluding hydrogens is 270 g/mol. The van der Waals surface area contributed by atoms with Crippen LogP contribution in [0.5, 0.6) is 0 Å². The fourth-order valence-electron chi connectivity index (χ4n) is 2.92. The number of benzene rings is 2. The van der Waals surface area contributed by atoms with Gasteiger partial charge in [-0.15, -0.1) is 0 Å². The van der Waals surface area contributed by atoms with Crippen molar-refractivity contribution in [2.24, 2.45) is 0 Å². The SMILES string of the molecule is O=C1C=C(NC(Cc2ccccc2)c2ccccc2)CCC1.